The van der Waals surface area contributed by atoms with Gasteiger partial charge in [-0.15, -0.1) is 0 Å². The molecule has 1 aliphatic heterocycles. The Morgan fingerprint density at radius 2 is 1.79 bits per heavy atom. The van der Waals surface area contributed by atoms with Crippen molar-refractivity contribution in [3.8, 4) is 11.1 Å². The summed E-state index contributed by atoms with van der Waals surface area (Å²) in [6.07, 6.45) is 3.53. The maximum Gasteiger partial charge on any atom is 0.167 e. The Bertz CT molecular complexity index is 799. The molecule has 28 heavy (non-hydrogen) atoms. The van der Waals surface area contributed by atoms with Crippen LogP contribution in [-0.2, 0) is 15.9 Å². The zero-order valence-corrected chi connectivity index (χ0v) is 16.4. The summed E-state index contributed by atoms with van der Waals surface area (Å²) in [6.45, 7) is 5.06. The lowest BCUT2D eigenvalue weighted by molar-refractivity contribution is -0.0881. The van der Waals surface area contributed by atoms with E-state index in [1.165, 1.54) is 24.3 Å². The Morgan fingerprint density at radius 1 is 1.00 bits per heavy atom. The van der Waals surface area contributed by atoms with E-state index in [0.717, 1.165) is 24.8 Å². The number of ether oxygens (including phenoxy) is 2. The molecule has 3 rings (SSSR count). The summed E-state index contributed by atoms with van der Waals surface area (Å²) in [5, 5.41) is 0. The third-order valence-corrected chi connectivity index (χ3v) is 5.28. The van der Waals surface area contributed by atoms with Crippen LogP contribution in [0.1, 0.15) is 56.8 Å². The molecule has 0 bridgehead atoms. The van der Waals surface area contributed by atoms with Crippen molar-refractivity contribution in [1.82, 2.24) is 0 Å². The van der Waals surface area contributed by atoms with Gasteiger partial charge >= 0.3 is 0 Å². The van der Waals surface area contributed by atoms with Crippen LogP contribution in [0, 0.1) is 17.5 Å². The summed E-state index contributed by atoms with van der Waals surface area (Å²) < 4.78 is 55.3. The molecular formula is C23H27F3O2. The Kier molecular flexibility index (Phi) is 7.13. The van der Waals surface area contributed by atoms with Crippen LogP contribution in [0.2, 0.25) is 0 Å². The fourth-order valence-electron chi connectivity index (χ4n) is 3.52. The van der Waals surface area contributed by atoms with Gasteiger partial charge in [0.25, 0.3) is 0 Å². The first-order chi connectivity index (χ1) is 13.5. The number of rotatable bonds is 7. The molecule has 2 aromatic carbocycles. The van der Waals surface area contributed by atoms with Crippen LogP contribution in [0.3, 0.4) is 0 Å². The van der Waals surface area contributed by atoms with Crippen molar-refractivity contribution in [3.63, 3.8) is 0 Å². The molecule has 0 aromatic heterocycles. The van der Waals surface area contributed by atoms with Crippen LogP contribution < -0.4 is 0 Å². The van der Waals surface area contributed by atoms with E-state index in [1.807, 2.05) is 6.92 Å². The van der Waals surface area contributed by atoms with Crippen molar-refractivity contribution in [3.05, 3.63) is 58.9 Å². The average molecular weight is 392 g/mol. The Balaban J connectivity index is 1.74. The number of halogens is 3. The van der Waals surface area contributed by atoms with Gasteiger partial charge in [0.2, 0.25) is 0 Å². The van der Waals surface area contributed by atoms with Crippen molar-refractivity contribution >= 4 is 0 Å². The number of unbranched alkanes of at least 4 members (excludes halogenated alkanes) is 1. The van der Waals surface area contributed by atoms with E-state index in [9.17, 15) is 13.2 Å². The van der Waals surface area contributed by atoms with E-state index in [1.54, 1.807) is 6.07 Å². The first-order valence-corrected chi connectivity index (χ1v) is 10.0. The Labute approximate surface area is 164 Å². The monoisotopic (exact) mass is 392 g/mol. The van der Waals surface area contributed by atoms with Crippen molar-refractivity contribution in [2.24, 2.45) is 0 Å². The van der Waals surface area contributed by atoms with E-state index in [2.05, 4.69) is 6.92 Å². The van der Waals surface area contributed by atoms with Crippen LogP contribution in [0.4, 0.5) is 13.2 Å². The summed E-state index contributed by atoms with van der Waals surface area (Å²) in [6, 6.07) is 7.53. The topological polar surface area (TPSA) is 18.5 Å². The van der Waals surface area contributed by atoms with Crippen molar-refractivity contribution in [2.75, 3.05) is 13.2 Å². The normalized spacial score (nSPS) is 19.8. The first kappa shape index (κ1) is 20.9. The summed E-state index contributed by atoms with van der Waals surface area (Å²) in [5.74, 6) is -2.55. The average Bonchev–Trinajstić information content (AvgIpc) is 2.71. The molecule has 0 saturated carbocycles. The van der Waals surface area contributed by atoms with Gasteiger partial charge in [-0.05, 0) is 37.3 Å². The van der Waals surface area contributed by atoms with Crippen LogP contribution in [0.5, 0.6) is 0 Å². The van der Waals surface area contributed by atoms with Gasteiger partial charge in [-0.1, -0.05) is 44.5 Å². The van der Waals surface area contributed by atoms with E-state index >= 15 is 0 Å². The lowest BCUT2D eigenvalue weighted by Gasteiger charge is -2.29. The highest BCUT2D eigenvalue weighted by Crippen LogP contribution is 2.35. The zero-order valence-electron chi connectivity index (χ0n) is 16.4. The maximum absolute atomic E-state index is 14.7. The van der Waals surface area contributed by atoms with Crippen molar-refractivity contribution < 1.29 is 22.6 Å². The quantitative estimate of drug-likeness (QED) is 0.510. The van der Waals surface area contributed by atoms with Crippen molar-refractivity contribution in [2.45, 2.75) is 58.2 Å². The molecule has 1 heterocycles. The van der Waals surface area contributed by atoms with E-state index in [-0.39, 0.29) is 22.8 Å². The second kappa shape index (κ2) is 9.57. The standard InChI is InChI=1S/C23H27F3O2/c1-3-5-12-27-16-7-11-21(28-14-16)19-10-9-18(22(25)23(19)26)17-8-6-15(4-2)13-20(17)24/h6,8-10,13,16,21H,3-5,7,11-12,14H2,1-2H3. The maximum atomic E-state index is 14.7. The number of hydrogen-bond donors (Lipinski definition) is 0. The summed E-state index contributed by atoms with van der Waals surface area (Å²) in [5.41, 5.74) is 0.982. The molecule has 0 radical (unpaired) electrons. The minimum atomic E-state index is -1.04. The molecule has 2 nitrogen and oxygen atoms in total. The lowest BCUT2D eigenvalue weighted by atomic mass is 9.95. The van der Waals surface area contributed by atoms with E-state index < -0.39 is 23.6 Å². The van der Waals surface area contributed by atoms with Gasteiger partial charge in [0, 0.05) is 23.3 Å². The third-order valence-electron chi connectivity index (χ3n) is 5.28. The molecule has 0 aliphatic carbocycles. The van der Waals surface area contributed by atoms with Gasteiger partial charge < -0.3 is 9.47 Å². The Hall–Kier alpha value is -1.85. The number of hydrogen-bond acceptors (Lipinski definition) is 2. The minimum Gasteiger partial charge on any atom is -0.376 e. The molecule has 1 saturated heterocycles. The Morgan fingerprint density at radius 3 is 2.43 bits per heavy atom. The SMILES string of the molecule is CCCCOC1CCC(c2ccc(-c3ccc(CC)cc3F)c(F)c2F)OC1. The molecular weight excluding hydrogens is 365 g/mol. The molecule has 2 unspecified atom stereocenters. The number of aryl methyl sites for hydroxylation is 1. The highest BCUT2D eigenvalue weighted by atomic mass is 19.2. The highest BCUT2D eigenvalue weighted by molar-refractivity contribution is 5.66. The van der Waals surface area contributed by atoms with Gasteiger partial charge in [-0.25, -0.2) is 13.2 Å². The van der Waals surface area contributed by atoms with E-state index in [4.69, 9.17) is 9.47 Å². The summed E-state index contributed by atoms with van der Waals surface area (Å²) in [7, 11) is 0. The van der Waals surface area contributed by atoms with Crippen LogP contribution in [-0.4, -0.2) is 19.3 Å². The molecule has 0 N–H and O–H groups in total. The molecule has 0 spiro atoms. The van der Waals surface area contributed by atoms with Gasteiger partial charge in [0.15, 0.2) is 11.6 Å². The predicted molar refractivity (Wildman–Crippen MR) is 104 cm³/mol. The van der Waals surface area contributed by atoms with Gasteiger partial charge in [-0.2, -0.15) is 0 Å². The molecule has 2 atom stereocenters. The van der Waals surface area contributed by atoms with Crippen LogP contribution in [0.25, 0.3) is 11.1 Å². The highest BCUT2D eigenvalue weighted by Gasteiger charge is 2.28. The summed E-state index contributed by atoms with van der Waals surface area (Å²) in [4.78, 5) is 0. The van der Waals surface area contributed by atoms with Gasteiger partial charge in [0.1, 0.15) is 5.82 Å². The fraction of sp³-hybridized carbons (Fsp3) is 0.478. The number of benzene rings is 2. The molecule has 5 heteroatoms. The fourth-order valence-corrected chi connectivity index (χ4v) is 3.52. The molecule has 1 aliphatic rings. The molecule has 152 valence electrons. The van der Waals surface area contributed by atoms with E-state index in [0.29, 0.717) is 26.1 Å². The molecule has 0 amide bonds. The second-order valence-corrected chi connectivity index (χ2v) is 7.24. The lowest BCUT2D eigenvalue weighted by Crippen LogP contribution is -2.28. The van der Waals surface area contributed by atoms with Crippen LogP contribution in [0.15, 0.2) is 30.3 Å². The first-order valence-electron chi connectivity index (χ1n) is 10.0. The third kappa shape index (κ3) is 4.58. The van der Waals surface area contributed by atoms with Crippen molar-refractivity contribution in [1.29, 1.82) is 0 Å². The van der Waals surface area contributed by atoms with Gasteiger partial charge in [0.05, 0.1) is 18.8 Å². The summed E-state index contributed by atoms with van der Waals surface area (Å²) >= 11 is 0. The van der Waals surface area contributed by atoms with Crippen LogP contribution >= 0.6 is 0 Å². The zero-order chi connectivity index (χ0) is 20.1. The van der Waals surface area contributed by atoms with Gasteiger partial charge in [-0.3, -0.25) is 0 Å². The second-order valence-electron chi connectivity index (χ2n) is 7.24. The smallest absolute Gasteiger partial charge is 0.167 e. The largest absolute Gasteiger partial charge is 0.376 e. The predicted octanol–water partition coefficient (Wildman–Crippen LogP) is 6.37. The molecule has 2 aromatic rings. The molecule has 1 fully saturated rings. The minimum absolute atomic E-state index is 0.00107.